The maximum atomic E-state index is 12.9. The van der Waals surface area contributed by atoms with Crippen molar-refractivity contribution in [3.05, 3.63) is 65.5 Å². The molecule has 2 atom stereocenters. The van der Waals surface area contributed by atoms with E-state index in [1.54, 1.807) is 0 Å². The maximum absolute atomic E-state index is 12.9. The number of carbonyl (C=O) groups is 1. The minimum atomic E-state index is -4.45. The second-order valence-corrected chi connectivity index (χ2v) is 6.48. The summed E-state index contributed by atoms with van der Waals surface area (Å²) in [5, 5.41) is 19.6. The van der Waals surface area contributed by atoms with Gasteiger partial charge in [0.25, 0.3) is 0 Å². The first-order chi connectivity index (χ1) is 11.7. The lowest BCUT2D eigenvalue weighted by molar-refractivity contribution is -0.145. The molecule has 0 aliphatic rings. The third kappa shape index (κ3) is 5.75. The smallest absolute Gasteiger partial charge is 0.446 e. The average Bonchev–Trinajstić information content (AvgIpc) is 2.51. The zero-order chi connectivity index (χ0) is 18.6. The molecule has 8 heteroatoms. The number of rotatable bonds is 6. The van der Waals surface area contributed by atoms with Crippen LogP contribution in [0.1, 0.15) is 17.2 Å². The Kier molecular flexibility index (Phi) is 6.07. The molecule has 0 aliphatic carbocycles. The van der Waals surface area contributed by atoms with Crippen LogP contribution in [-0.2, 0) is 11.2 Å². The van der Waals surface area contributed by atoms with Crippen LogP contribution in [0.2, 0.25) is 0 Å². The number of aliphatic hydroxyl groups is 1. The number of aliphatic carboxylic acids is 1. The first-order valence-electron chi connectivity index (χ1n) is 7.17. The standard InChI is InChI=1S/C17H14F4O3S/c18-12-6-4-11(5-7-12)15(22)14(16(23)24)9-10-2-1-3-13(8-10)25-17(19,20)21/h1-8,14-15,22H,9H2,(H,23,24). The Morgan fingerprint density at radius 1 is 1.12 bits per heavy atom. The third-order valence-corrected chi connectivity index (χ3v) is 4.22. The molecule has 0 aromatic heterocycles. The van der Waals surface area contributed by atoms with Gasteiger partial charge in [0.2, 0.25) is 0 Å². The number of carboxylic acid groups (broad SMARTS) is 1. The van der Waals surface area contributed by atoms with Gasteiger partial charge in [0.05, 0.1) is 12.0 Å². The molecule has 0 saturated carbocycles. The van der Waals surface area contributed by atoms with Crippen molar-refractivity contribution in [3.63, 3.8) is 0 Å². The Balaban J connectivity index is 2.20. The van der Waals surface area contributed by atoms with E-state index in [-0.39, 0.29) is 28.6 Å². The largest absolute Gasteiger partial charge is 0.481 e. The summed E-state index contributed by atoms with van der Waals surface area (Å²) in [6, 6.07) is 10.1. The number of carboxylic acids is 1. The molecular formula is C17H14F4O3S. The molecular weight excluding hydrogens is 360 g/mol. The minimum Gasteiger partial charge on any atom is -0.481 e. The van der Waals surface area contributed by atoms with Crippen LogP contribution < -0.4 is 0 Å². The van der Waals surface area contributed by atoms with Crippen LogP contribution in [0.5, 0.6) is 0 Å². The van der Waals surface area contributed by atoms with Crippen molar-refractivity contribution in [2.24, 2.45) is 5.92 Å². The number of aliphatic hydroxyl groups excluding tert-OH is 1. The molecule has 0 saturated heterocycles. The molecule has 25 heavy (non-hydrogen) atoms. The highest BCUT2D eigenvalue weighted by Crippen LogP contribution is 2.37. The second kappa shape index (κ2) is 7.88. The van der Waals surface area contributed by atoms with Crippen molar-refractivity contribution in [2.45, 2.75) is 22.9 Å². The summed E-state index contributed by atoms with van der Waals surface area (Å²) >= 11 is -0.295. The Morgan fingerprint density at radius 3 is 2.32 bits per heavy atom. The van der Waals surface area contributed by atoms with Crippen LogP contribution >= 0.6 is 11.8 Å². The van der Waals surface area contributed by atoms with Crippen LogP contribution in [0, 0.1) is 11.7 Å². The van der Waals surface area contributed by atoms with Crippen LogP contribution in [0.3, 0.4) is 0 Å². The van der Waals surface area contributed by atoms with Gasteiger partial charge in [0, 0.05) is 4.90 Å². The summed E-state index contributed by atoms with van der Waals surface area (Å²) in [6.07, 6.45) is -1.59. The zero-order valence-corrected chi connectivity index (χ0v) is 13.5. The SMILES string of the molecule is O=C(O)C(Cc1cccc(SC(F)(F)F)c1)C(O)c1ccc(F)cc1. The topological polar surface area (TPSA) is 57.5 Å². The van der Waals surface area contributed by atoms with Crippen molar-refractivity contribution < 1.29 is 32.6 Å². The molecule has 0 heterocycles. The predicted molar refractivity (Wildman–Crippen MR) is 84.5 cm³/mol. The molecule has 0 aliphatic heterocycles. The Labute approximate surface area is 145 Å². The number of alkyl halides is 3. The van der Waals surface area contributed by atoms with E-state index in [1.165, 1.54) is 36.4 Å². The quantitative estimate of drug-likeness (QED) is 0.581. The van der Waals surface area contributed by atoms with Gasteiger partial charge in [-0.05, 0) is 53.6 Å². The number of benzene rings is 2. The highest BCUT2D eigenvalue weighted by atomic mass is 32.2. The fraction of sp³-hybridized carbons (Fsp3) is 0.235. The summed E-state index contributed by atoms with van der Waals surface area (Å²) in [7, 11) is 0. The van der Waals surface area contributed by atoms with Crippen LogP contribution in [-0.4, -0.2) is 21.7 Å². The van der Waals surface area contributed by atoms with Gasteiger partial charge in [-0.15, -0.1) is 0 Å². The Hall–Kier alpha value is -2.06. The normalized spacial score (nSPS) is 14.1. The summed E-state index contributed by atoms with van der Waals surface area (Å²) < 4.78 is 50.3. The molecule has 2 aromatic carbocycles. The second-order valence-electron chi connectivity index (χ2n) is 5.34. The Bertz CT molecular complexity index is 731. The highest BCUT2D eigenvalue weighted by molar-refractivity contribution is 8.00. The molecule has 134 valence electrons. The van der Waals surface area contributed by atoms with E-state index < -0.39 is 29.3 Å². The lowest BCUT2D eigenvalue weighted by Gasteiger charge is -2.20. The summed E-state index contributed by atoms with van der Waals surface area (Å²) in [6.45, 7) is 0. The molecule has 2 unspecified atom stereocenters. The van der Waals surface area contributed by atoms with E-state index in [4.69, 9.17) is 0 Å². The van der Waals surface area contributed by atoms with Crippen LogP contribution in [0.4, 0.5) is 17.6 Å². The van der Waals surface area contributed by atoms with Crippen LogP contribution in [0.15, 0.2) is 53.4 Å². The number of thioether (sulfide) groups is 1. The number of hydrogen-bond donors (Lipinski definition) is 2. The lowest BCUT2D eigenvalue weighted by atomic mass is 9.90. The third-order valence-electron chi connectivity index (χ3n) is 3.50. The zero-order valence-electron chi connectivity index (χ0n) is 12.7. The van der Waals surface area contributed by atoms with Crippen LogP contribution in [0.25, 0.3) is 0 Å². The minimum absolute atomic E-state index is 0.0644. The maximum Gasteiger partial charge on any atom is 0.446 e. The van der Waals surface area contributed by atoms with Crippen molar-refractivity contribution in [2.75, 3.05) is 0 Å². The molecule has 2 N–H and O–H groups in total. The van der Waals surface area contributed by atoms with E-state index in [9.17, 15) is 32.6 Å². The van der Waals surface area contributed by atoms with Crippen molar-refractivity contribution in [3.8, 4) is 0 Å². The molecule has 3 nitrogen and oxygen atoms in total. The predicted octanol–water partition coefficient (Wildman–Crippen LogP) is 4.41. The van der Waals surface area contributed by atoms with Gasteiger partial charge < -0.3 is 10.2 Å². The lowest BCUT2D eigenvalue weighted by Crippen LogP contribution is -2.24. The van der Waals surface area contributed by atoms with E-state index in [0.717, 1.165) is 12.1 Å². The first kappa shape index (κ1) is 19.3. The fourth-order valence-corrected chi connectivity index (χ4v) is 2.97. The molecule has 2 aromatic rings. The molecule has 0 amide bonds. The van der Waals surface area contributed by atoms with Gasteiger partial charge >= 0.3 is 11.5 Å². The molecule has 0 bridgehead atoms. The molecule has 0 spiro atoms. The number of halogens is 4. The van der Waals surface area contributed by atoms with Gasteiger partial charge in [-0.2, -0.15) is 13.2 Å². The molecule has 0 fully saturated rings. The van der Waals surface area contributed by atoms with Crippen molar-refractivity contribution in [1.82, 2.24) is 0 Å². The van der Waals surface area contributed by atoms with E-state index >= 15 is 0 Å². The van der Waals surface area contributed by atoms with E-state index in [2.05, 4.69) is 0 Å². The monoisotopic (exact) mass is 374 g/mol. The molecule has 2 rings (SSSR count). The average molecular weight is 374 g/mol. The highest BCUT2D eigenvalue weighted by Gasteiger charge is 2.30. The summed E-state index contributed by atoms with van der Waals surface area (Å²) in [4.78, 5) is 11.4. The van der Waals surface area contributed by atoms with Gasteiger partial charge in [0.1, 0.15) is 5.82 Å². The van der Waals surface area contributed by atoms with Gasteiger partial charge in [-0.25, -0.2) is 4.39 Å². The van der Waals surface area contributed by atoms with Gasteiger partial charge in [-0.1, -0.05) is 24.3 Å². The van der Waals surface area contributed by atoms with Gasteiger partial charge in [-0.3, -0.25) is 4.79 Å². The van der Waals surface area contributed by atoms with E-state index in [0.29, 0.717) is 5.56 Å². The number of hydrogen-bond acceptors (Lipinski definition) is 3. The molecule has 0 radical (unpaired) electrons. The summed E-state index contributed by atoms with van der Waals surface area (Å²) in [5.41, 5.74) is -3.88. The van der Waals surface area contributed by atoms with E-state index in [1.807, 2.05) is 0 Å². The fourth-order valence-electron chi connectivity index (χ4n) is 2.35. The van der Waals surface area contributed by atoms with Crippen molar-refractivity contribution >= 4 is 17.7 Å². The van der Waals surface area contributed by atoms with Gasteiger partial charge in [0.15, 0.2) is 0 Å². The summed E-state index contributed by atoms with van der Waals surface area (Å²) in [5.74, 6) is -3.11. The first-order valence-corrected chi connectivity index (χ1v) is 7.98. The van der Waals surface area contributed by atoms with Crippen molar-refractivity contribution in [1.29, 1.82) is 0 Å². The Morgan fingerprint density at radius 2 is 1.76 bits per heavy atom.